The second-order valence-electron chi connectivity index (χ2n) is 4.62. The number of nitrogens with zero attached hydrogens (tertiary/aromatic N) is 3. The van der Waals surface area contributed by atoms with Crippen LogP contribution in [-0.4, -0.2) is 15.3 Å². The molecular weight excluding hydrogens is 367 g/mol. The Hall–Kier alpha value is -2.46. The lowest BCUT2D eigenvalue weighted by Crippen LogP contribution is -2.12. The van der Waals surface area contributed by atoms with Gasteiger partial charge in [0.1, 0.15) is 27.5 Å². The fourth-order valence-corrected chi connectivity index (χ4v) is 3.22. The van der Waals surface area contributed by atoms with Crippen LogP contribution >= 0.6 is 34.7 Å². The van der Waals surface area contributed by atoms with Gasteiger partial charge in [-0.25, -0.2) is 4.98 Å². The van der Waals surface area contributed by atoms with Crippen molar-refractivity contribution in [3.63, 3.8) is 0 Å². The van der Waals surface area contributed by atoms with Crippen molar-refractivity contribution in [3.8, 4) is 17.3 Å². The molecule has 0 unspecified atom stereocenters. The molecule has 5 nitrogen and oxygen atoms in total. The third-order valence-corrected chi connectivity index (χ3v) is 4.56. The molecule has 8 heteroatoms. The highest BCUT2D eigenvalue weighted by atomic mass is 35.5. The number of amides is 1. The molecule has 1 aromatic carbocycles. The molecule has 0 aliphatic carbocycles. The molecule has 0 spiro atoms. The van der Waals surface area contributed by atoms with Crippen molar-refractivity contribution >= 4 is 45.6 Å². The van der Waals surface area contributed by atoms with Crippen LogP contribution in [0, 0.1) is 11.3 Å². The Labute approximate surface area is 151 Å². The van der Waals surface area contributed by atoms with Gasteiger partial charge in [-0.05, 0) is 29.7 Å². The molecule has 0 bridgehead atoms. The van der Waals surface area contributed by atoms with Gasteiger partial charge in [0.2, 0.25) is 0 Å². The molecule has 2 aromatic heterocycles. The summed E-state index contributed by atoms with van der Waals surface area (Å²) in [6.45, 7) is 0. The van der Waals surface area contributed by atoms with Crippen LogP contribution < -0.4 is 5.32 Å². The number of benzene rings is 1. The smallest absolute Gasteiger partial charge is 0.259 e. The van der Waals surface area contributed by atoms with Gasteiger partial charge < -0.3 is 5.32 Å². The number of rotatable bonds is 3. The van der Waals surface area contributed by atoms with Crippen LogP contribution in [-0.2, 0) is 0 Å². The van der Waals surface area contributed by atoms with Crippen molar-refractivity contribution in [1.82, 2.24) is 9.36 Å². The van der Waals surface area contributed by atoms with Gasteiger partial charge in [-0.1, -0.05) is 41.4 Å². The minimum Gasteiger partial charge on any atom is -0.311 e. The lowest BCUT2D eigenvalue weighted by molar-refractivity contribution is 0.102. The molecule has 1 amide bonds. The molecule has 0 radical (unpaired) electrons. The maximum absolute atomic E-state index is 12.3. The standard InChI is InChI=1S/C16H8Cl2N4OS/c17-12-6-2-1-4-9(12)13-11(8-19)16(24-22-13)21-15(23)10-5-3-7-20-14(10)18/h1-7H,(H,21,23). The number of carbonyl (C=O) groups excluding carboxylic acids is 1. The highest BCUT2D eigenvalue weighted by Crippen LogP contribution is 2.35. The number of aromatic nitrogens is 2. The Morgan fingerprint density at radius 1 is 1.21 bits per heavy atom. The van der Waals surface area contributed by atoms with Gasteiger partial charge in [0.05, 0.1) is 10.6 Å². The first kappa shape index (κ1) is 16.4. The largest absolute Gasteiger partial charge is 0.311 e. The monoisotopic (exact) mass is 374 g/mol. The van der Waals surface area contributed by atoms with Crippen LogP contribution in [0.3, 0.4) is 0 Å². The van der Waals surface area contributed by atoms with Crippen molar-refractivity contribution < 1.29 is 4.79 Å². The highest BCUT2D eigenvalue weighted by molar-refractivity contribution is 7.11. The normalized spacial score (nSPS) is 10.2. The van der Waals surface area contributed by atoms with Crippen LogP contribution in [0.4, 0.5) is 5.00 Å². The average Bonchev–Trinajstić information content (AvgIpc) is 2.98. The van der Waals surface area contributed by atoms with Gasteiger partial charge in [0.15, 0.2) is 0 Å². The molecule has 24 heavy (non-hydrogen) atoms. The Bertz CT molecular complexity index is 965. The molecule has 0 aliphatic heterocycles. The number of nitriles is 1. The van der Waals surface area contributed by atoms with Crippen molar-refractivity contribution in [2.24, 2.45) is 0 Å². The van der Waals surface area contributed by atoms with E-state index in [-0.39, 0.29) is 16.3 Å². The van der Waals surface area contributed by atoms with Gasteiger partial charge >= 0.3 is 0 Å². The first-order chi connectivity index (χ1) is 11.6. The number of hydrogen-bond acceptors (Lipinski definition) is 5. The maximum Gasteiger partial charge on any atom is 0.259 e. The second kappa shape index (κ2) is 6.97. The van der Waals surface area contributed by atoms with Gasteiger partial charge in [-0.3, -0.25) is 4.79 Å². The summed E-state index contributed by atoms with van der Waals surface area (Å²) in [6, 6.07) is 12.3. The SMILES string of the molecule is N#Cc1c(-c2ccccc2Cl)nsc1NC(=O)c1cccnc1Cl. The van der Waals surface area contributed by atoms with Crippen molar-refractivity contribution in [2.75, 3.05) is 5.32 Å². The zero-order valence-corrected chi connectivity index (χ0v) is 14.3. The number of halogens is 2. The molecule has 3 aromatic rings. The predicted octanol–water partition coefficient (Wildman–Crippen LogP) is 4.64. The Morgan fingerprint density at radius 3 is 2.71 bits per heavy atom. The number of carbonyl (C=O) groups is 1. The number of nitrogens with one attached hydrogen (secondary N) is 1. The molecule has 2 heterocycles. The van der Waals surface area contributed by atoms with Crippen LogP contribution in [0.15, 0.2) is 42.6 Å². The van der Waals surface area contributed by atoms with Crippen LogP contribution in [0.5, 0.6) is 0 Å². The topological polar surface area (TPSA) is 78.7 Å². The number of hydrogen-bond donors (Lipinski definition) is 1. The minimum absolute atomic E-state index is 0.0874. The molecule has 0 aliphatic rings. The van der Waals surface area contributed by atoms with E-state index in [9.17, 15) is 10.1 Å². The maximum atomic E-state index is 12.3. The van der Waals surface area contributed by atoms with Gasteiger partial charge in [-0.2, -0.15) is 9.64 Å². The summed E-state index contributed by atoms with van der Waals surface area (Å²) in [5.74, 6) is -0.459. The first-order valence-corrected chi connectivity index (χ1v) is 8.21. The highest BCUT2D eigenvalue weighted by Gasteiger charge is 2.20. The van der Waals surface area contributed by atoms with Crippen molar-refractivity contribution in [1.29, 1.82) is 5.26 Å². The zero-order chi connectivity index (χ0) is 17.1. The molecule has 0 atom stereocenters. The average molecular weight is 375 g/mol. The van der Waals surface area contributed by atoms with Crippen molar-refractivity contribution in [2.45, 2.75) is 0 Å². The summed E-state index contributed by atoms with van der Waals surface area (Å²) in [5.41, 5.74) is 1.53. The van der Waals surface area contributed by atoms with Gasteiger partial charge in [0.25, 0.3) is 5.91 Å². The fraction of sp³-hybridized carbons (Fsp3) is 0. The Balaban J connectivity index is 1.97. The Kier molecular flexibility index (Phi) is 4.76. The van der Waals surface area contributed by atoms with Crippen LogP contribution in [0.2, 0.25) is 10.2 Å². The van der Waals surface area contributed by atoms with E-state index in [1.165, 1.54) is 6.20 Å². The lowest BCUT2D eigenvalue weighted by Gasteiger charge is -2.04. The van der Waals surface area contributed by atoms with E-state index in [0.29, 0.717) is 21.3 Å². The summed E-state index contributed by atoms with van der Waals surface area (Å²) >= 11 is 13.1. The molecule has 3 rings (SSSR count). The quantitative estimate of drug-likeness (QED) is 0.677. The summed E-state index contributed by atoms with van der Waals surface area (Å²) in [4.78, 5) is 16.2. The van der Waals surface area contributed by atoms with Crippen LogP contribution in [0.1, 0.15) is 15.9 Å². The van der Waals surface area contributed by atoms with Gasteiger partial charge in [0, 0.05) is 11.8 Å². The molecule has 0 fully saturated rings. The van der Waals surface area contributed by atoms with Gasteiger partial charge in [-0.15, -0.1) is 0 Å². The molecular formula is C16H8Cl2N4OS. The van der Waals surface area contributed by atoms with E-state index in [2.05, 4.69) is 20.7 Å². The van der Waals surface area contributed by atoms with E-state index in [4.69, 9.17) is 23.2 Å². The molecule has 1 N–H and O–H groups in total. The van der Waals surface area contributed by atoms with Crippen molar-refractivity contribution in [3.05, 3.63) is 63.9 Å². The molecule has 0 saturated carbocycles. The minimum atomic E-state index is -0.459. The summed E-state index contributed by atoms with van der Waals surface area (Å²) in [7, 11) is 0. The fourth-order valence-electron chi connectivity index (χ4n) is 2.04. The van der Waals surface area contributed by atoms with E-state index < -0.39 is 5.91 Å². The summed E-state index contributed by atoms with van der Waals surface area (Å²) in [6.07, 6.45) is 1.49. The first-order valence-electron chi connectivity index (χ1n) is 6.68. The van der Waals surface area contributed by atoms with Crippen LogP contribution in [0.25, 0.3) is 11.3 Å². The van der Waals surface area contributed by atoms with E-state index in [1.54, 1.807) is 36.4 Å². The van der Waals surface area contributed by atoms with E-state index in [0.717, 1.165) is 11.5 Å². The summed E-state index contributed by atoms with van der Waals surface area (Å²) < 4.78 is 4.26. The predicted molar refractivity (Wildman–Crippen MR) is 94.5 cm³/mol. The van der Waals surface area contributed by atoms with E-state index in [1.807, 2.05) is 0 Å². The third kappa shape index (κ3) is 3.10. The summed E-state index contributed by atoms with van der Waals surface area (Å²) in [5, 5.41) is 13.0. The number of pyridine rings is 1. The molecule has 0 saturated heterocycles. The third-order valence-electron chi connectivity index (χ3n) is 3.16. The van der Waals surface area contributed by atoms with E-state index >= 15 is 0 Å². The zero-order valence-electron chi connectivity index (χ0n) is 12.0. The number of anilines is 1. The Morgan fingerprint density at radius 2 is 2.00 bits per heavy atom. The molecule has 118 valence electrons. The lowest BCUT2D eigenvalue weighted by atomic mass is 10.1. The second-order valence-corrected chi connectivity index (χ2v) is 6.16.